The zero-order valence-corrected chi connectivity index (χ0v) is 10.3. The van der Waals surface area contributed by atoms with Crippen molar-refractivity contribution in [3.8, 4) is 0 Å². The summed E-state index contributed by atoms with van der Waals surface area (Å²) in [4.78, 5) is 11.6. The number of hydrogen-bond donors (Lipinski definition) is 0. The number of esters is 1. The molecule has 1 aromatic rings. The molecular formula is C15H17FO2. The van der Waals surface area contributed by atoms with E-state index >= 15 is 0 Å². The van der Waals surface area contributed by atoms with E-state index in [4.69, 9.17) is 4.74 Å². The first-order chi connectivity index (χ1) is 8.74. The predicted molar refractivity (Wildman–Crippen MR) is 68.4 cm³/mol. The number of carbonyl (C=O) groups excluding carboxylic acids is 1. The van der Waals surface area contributed by atoms with Crippen LogP contribution in [0.25, 0.3) is 6.08 Å². The maximum Gasteiger partial charge on any atom is 0.331 e. The molecule has 1 fully saturated rings. The summed E-state index contributed by atoms with van der Waals surface area (Å²) in [6, 6.07) is 6.11. The standard InChI is InChI=1S/C15H17FO2/c16-13-6-4-5-12(11-13)9-10-15(17)18-14-7-2-1-3-8-14/h4-6,9-11,14H,1-3,7-8H2. The molecule has 0 radical (unpaired) electrons. The van der Waals surface area contributed by atoms with Crippen molar-refractivity contribution < 1.29 is 13.9 Å². The van der Waals surface area contributed by atoms with Gasteiger partial charge in [0.25, 0.3) is 0 Å². The number of carbonyl (C=O) groups is 1. The van der Waals surface area contributed by atoms with Gasteiger partial charge in [-0.1, -0.05) is 18.6 Å². The Balaban J connectivity index is 1.86. The largest absolute Gasteiger partial charge is 0.459 e. The summed E-state index contributed by atoms with van der Waals surface area (Å²) in [6.07, 6.45) is 8.41. The maximum atomic E-state index is 12.9. The average molecular weight is 248 g/mol. The summed E-state index contributed by atoms with van der Waals surface area (Å²) < 4.78 is 18.2. The minimum absolute atomic E-state index is 0.0587. The van der Waals surface area contributed by atoms with Crippen molar-refractivity contribution in [1.29, 1.82) is 0 Å². The van der Waals surface area contributed by atoms with E-state index in [1.54, 1.807) is 18.2 Å². The molecule has 1 saturated carbocycles. The fourth-order valence-corrected chi connectivity index (χ4v) is 2.16. The van der Waals surface area contributed by atoms with Crippen LogP contribution in [0.15, 0.2) is 30.3 Å². The molecule has 2 nitrogen and oxygen atoms in total. The van der Waals surface area contributed by atoms with Gasteiger partial charge in [-0.3, -0.25) is 0 Å². The fraction of sp³-hybridized carbons (Fsp3) is 0.400. The lowest BCUT2D eigenvalue weighted by Crippen LogP contribution is -2.19. The molecule has 0 spiro atoms. The van der Waals surface area contributed by atoms with Crippen molar-refractivity contribution in [3.63, 3.8) is 0 Å². The van der Waals surface area contributed by atoms with Gasteiger partial charge in [-0.05, 0) is 49.5 Å². The molecule has 0 amide bonds. The highest BCUT2D eigenvalue weighted by molar-refractivity contribution is 5.87. The van der Waals surface area contributed by atoms with Gasteiger partial charge in [0.2, 0.25) is 0 Å². The van der Waals surface area contributed by atoms with E-state index in [0.29, 0.717) is 5.56 Å². The highest BCUT2D eigenvalue weighted by atomic mass is 19.1. The second-order valence-electron chi connectivity index (χ2n) is 4.59. The first-order valence-electron chi connectivity index (χ1n) is 6.38. The summed E-state index contributed by atoms with van der Waals surface area (Å²) in [7, 11) is 0. The molecule has 18 heavy (non-hydrogen) atoms. The summed E-state index contributed by atoms with van der Waals surface area (Å²) in [5.41, 5.74) is 0.663. The van der Waals surface area contributed by atoms with Crippen molar-refractivity contribution in [2.45, 2.75) is 38.2 Å². The molecule has 1 aliphatic carbocycles. The summed E-state index contributed by atoms with van der Waals surface area (Å²) in [6.45, 7) is 0. The van der Waals surface area contributed by atoms with E-state index in [2.05, 4.69) is 0 Å². The summed E-state index contributed by atoms with van der Waals surface area (Å²) in [5.74, 6) is -0.649. The Morgan fingerprint density at radius 2 is 2.06 bits per heavy atom. The highest BCUT2D eigenvalue weighted by Gasteiger charge is 2.16. The first-order valence-corrected chi connectivity index (χ1v) is 6.38. The van der Waals surface area contributed by atoms with E-state index in [9.17, 15) is 9.18 Å². The van der Waals surface area contributed by atoms with Crippen molar-refractivity contribution in [3.05, 3.63) is 41.7 Å². The summed E-state index contributed by atoms with van der Waals surface area (Å²) >= 11 is 0. The average Bonchev–Trinajstić information content (AvgIpc) is 2.38. The predicted octanol–water partition coefficient (Wildman–Crippen LogP) is 3.71. The van der Waals surface area contributed by atoms with Gasteiger partial charge < -0.3 is 4.74 Å². The van der Waals surface area contributed by atoms with Crippen LogP contribution >= 0.6 is 0 Å². The Morgan fingerprint density at radius 3 is 2.78 bits per heavy atom. The molecule has 0 saturated heterocycles. The van der Waals surface area contributed by atoms with Gasteiger partial charge >= 0.3 is 5.97 Å². The molecule has 1 aliphatic rings. The highest BCUT2D eigenvalue weighted by Crippen LogP contribution is 2.20. The number of ether oxygens (including phenoxy) is 1. The second-order valence-corrected chi connectivity index (χ2v) is 4.59. The number of benzene rings is 1. The molecule has 0 atom stereocenters. The van der Waals surface area contributed by atoms with E-state index in [1.165, 1.54) is 24.6 Å². The Morgan fingerprint density at radius 1 is 1.28 bits per heavy atom. The minimum atomic E-state index is -0.342. The van der Waals surface area contributed by atoms with Crippen LogP contribution < -0.4 is 0 Å². The van der Waals surface area contributed by atoms with Crippen LogP contribution in [0.2, 0.25) is 0 Å². The van der Waals surface area contributed by atoms with Crippen molar-refractivity contribution >= 4 is 12.0 Å². The smallest absolute Gasteiger partial charge is 0.331 e. The number of halogens is 1. The van der Waals surface area contributed by atoms with Crippen LogP contribution in [0.4, 0.5) is 4.39 Å². The zero-order chi connectivity index (χ0) is 12.8. The third-order valence-corrected chi connectivity index (χ3v) is 3.10. The zero-order valence-electron chi connectivity index (χ0n) is 10.3. The van der Waals surface area contributed by atoms with Crippen LogP contribution in [0.3, 0.4) is 0 Å². The van der Waals surface area contributed by atoms with Crippen molar-refractivity contribution in [2.24, 2.45) is 0 Å². The van der Waals surface area contributed by atoms with E-state index in [1.807, 2.05) is 0 Å². The van der Waals surface area contributed by atoms with Gasteiger partial charge in [0.1, 0.15) is 11.9 Å². The molecule has 0 aliphatic heterocycles. The third kappa shape index (κ3) is 3.99. The molecule has 3 heteroatoms. The Kier molecular flexibility index (Phi) is 4.51. The van der Waals surface area contributed by atoms with Crippen molar-refractivity contribution in [2.75, 3.05) is 0 Å². The lowest BCUT2D eigenvalue weighted by molar-refractivity contribution is -0.144. The quantitative estimate of drug-likeness (QED) is 0.602. The Labute approximate surface area is 106 Å². The molecule has 0 unspecified atom stereocenters. The van der Waals surface area contributed by atoms with Gasteiger partial charge in [-0.25, -0.2) is 9.18 Å². The normalized spacial score (nSPS) is 16.9. The summed E-state index contributed by atoms with van der Waals surface area (Å²) in [5, 5.41) is 0. The van der Waals surface area contributed by atoms with Crippen LogP contribution in [0.5, 0.6) is 0 Å². The van der Waals surface area contributed by atoms with Crippen LogP contribution in [0.1, 0.15) is 37.7 Å². The monoisotopic (exact) mass is 248 g/mol. The molecule has 2 rings (SSSR count). The van der Waals surface area contributed by atoms with E-state index < -0.39 is 0 Å². The van der Waals surface area contributed by atoms with Gasteiger partial charge in [0, 0.05) is 6.08 Å². The van der Waals surface area contributed by atoms with Gasteiger partial charge in [0.15, 0.2) is 0 Å². The third-order valence-electron chi connectivity index (χ3n) is 3.10. The van der Waals surface area contributed by atoms with Gasteiger partial charge in [-0.2, -0.15) is 0 Å². The Hall–Kier alpha value is -1.64. The SMILES string of the molecule is O=C(C=Cc1cccc(F)c1)OC1CCCCC1. The van der Waals surface area contributed by atoms with E-state index in [0.717, 1.165) is 25.7 Å². The van der Waals surface area contributed by atoms with E-state index in [-0.39, 0.29) is 17.9 Å². The lowest BCUT2D eigenvalue weighted by Gasteiger charge is -2.20. The molecule has 0 heterocycles. The molecule has 96 valence electrons. The minimum Gasteiger partial charge on any atom is -0.459 e. The maximum absolute atomic E-state index is 12.9. The van der Waals surface area contributed by atoms with Gasteiger partial charge in [-0.15, -0.1) is 0 Å². The Bertz CT molecular complexity index is 434. The molecule has 0 aromatic heterocycles. The topological polar surface area (TPSA) is 26.3 Å². The number of rotatable bonds is 3. The molecule has 0 bridgehead atoms. The molecular weight excluding hydrogens is 231 g/mol. The van der Waals surface area contributed by atoms with Gasteiger partial charge in [0.05, 0.1) is 0 Å². The number of hydrogen-bond acceptors (Lipinski definition) is 2. The molecule has 1 aromatic carbocycles. The second kappa shape index (κ2) is 6.34. The van der Waals surface area contributed by atoms with Crippen LogP contribution in [-0.4, -0.2) is 12.1 Å². The lowest BCUT2D eigenvalue weighted by atomic mass is 9.98. The fourth-order valence-electron chi connectivity index (χ4n) is 2.16. The van der Waals surface area contributed by atoms with Crippen LogP contribution in [0, 0.1) is 5.82 Å². The van der Waals surface area contributed by atoms with Crippen molar-refractivity contribution in [1.82, 2.24) is 0 Å². The molecule has 0 N–H and O–H groups in total. The van der Waals surface area contributed by atoms with Crippen LogP contribution in [-0.2, 0) is 9.53 Å². The first kappa shape index (κ1) is 12.8.